The van der Waals surface area contributed by atoms with Crippen molar-refractivity contribution >= 4 is 21.4 Å². The molecule has 8 heteroatoms. The van der Waals surface area contributed by atoms with Crippen molar-refractivity contribution in [2.45, 2.75) is 11.9 Å². The number of hydrogen-bond acceptors (Lipinski definition) is 5. The SMILES string of the molecule is CC(=NO)c1cccc(NS(=O)(=O)c2cnc[nH]2)c1. The Labute approximate surface area is 110 Å². The molecule has 0 unspecified atom stereocenters. The first kappa shape index (κ1) is 13.1. The van der Waals surface area contributed by atoms with E-state index < -0.39 is 10.0 Å². The molecule has 2 aromatic rings. The Balaban J connectivity index is 2.30. The summed E-state index contributed by atoms with van der Waals surface area (Å²) in [7, 11) is -3.69. The first-order chi connectivity index (χ1) is 9.03. The van der Waals surface area contributed by atoms with Gasteiger partial charge in [-0.3, -0.25) is 4.72 Å². The summed E-state index contributed by atoms with van der Waals surface area (Å²) < 4.78 is 26.3. The van der Waals surface area contributed by atoms with Crippen molar-refractivity contribution in [3.63, 3.8) is 0 Å². The third-order valence-electron chi connectivity index (χ3n) is 2.45. The largest absolute Gasteiger partial charge is 0.411 e. The van der Waals surface area contributed by atoms with Crippen LogP contribution < -0.4 is 4.72 Å². The molecule has 0 radical (unpaired) electrons. The lowest BCUT2D eigenvalue weighted by molar-refractivity contribution is 0.319. The molecule has 1 heterocycles. The third kappa shape index (κ3) is 2.91. The van der Waals surface area contributed by atoms with Gasteiger partial charge in [0.25, 0.3) is 10.0 Å². The van der Waals surface area contributed by atoms with Crippen LogP contribution in [0.2, 0.25) is 0 Å². The molecule has 0 saturated heterocycles. The van der Waals surface area contributed by atoms with E-state index in [4.69, 9.17) is 5.21 Å². The van der Waals surface area contributed by atoms with E-state index in [0.29, 0.717) is 17.0 Å². The summed E-state index contributed by atoms with van der Waals surface area (Å²) in [6, 6.07) is 6.54. The number of sulfonamides is 1. The molecule has 1 aromatic heterocycles. The first-order valence-corrected chi connectivity index (χ1v) is 6.81. The van der Waals surface area contributed by atoms with Crippen LogP contribution >= 0.6 is 0 Å². The molecule has 0 atom stereocenters. The Morgan fingerprint density at radius 3 is 2.89 bits per heavy atom. The summed E-state index contributed by atoms with van der Waals surface area (Å²) in [5.41, 5.74) is 1.38. The number of nitrogens with one attached hydrogen (secondary N) is 2. The molecule has 0 aliphatic rings. The van der Waals surface area contributed by atoms with Crippen LogP contribution in [0, 0.1) is 0 Å². The number of aromatic nitrogens is 2. The van der Waals surface area contributed by atoms with Gasteiger partial charge in [0.05, 0.1) is 18.2 Å². The van der Waals surface area contributed by atoms with Crippen molar-refractivity contribution in [1.82, 2.24) is 9.97 Å². The van der Waals surface area contributed by atoms with Crippen LogP contribution in [0.5, 0.6) is 0 Å². The van der Waals surface area contributed by atoms with Crippen molar-refractivity contribution in [1.29, 1.82) is 0 Å². The van der Waals surface area contributed by atoms with Gasteiger partial charge in [0, 0.05) is 11.3 Å². The summed E-state index contributed by atoms with van der Waals surface area (Å²) in [5.74, 6) is 0. The van der Waals surface area contributed by atoms with Crippen LogP contribution in [-0.2, 0) is 10.0 Å². The minimum atomic E-state index is -3.69. The van der Waals surface area contributed by atoms with Gasteiger partial charge >= 0.3 is 0 Å². The van der Waals surface area contributed by atoms with E-state index in [1.54, 1.807) is 31.2 Å². The minimum Gasteiger partial charge on any atom is -0.411 e. The summed E-state index contributed by atoms with van der Waals surface area (Å²) >= 11 is 0. The predicted molar refractivity (Wildman–Crippen MR) is 69.8 cm³/mol. The molecule has 0 spiro atoms. The average Bonchev–Trinajstić information content (AvgIpc) is 2.92. The first-order valence-electron chi connectivity index (χ1n) is 5.33. The lowest BCUT2D eigenvalue weighted by atomic mass is 10.1. The quantitative estimate of drug-likeness (QED) is 0.447. The number of oxime groups is 1. The van der Waals surface area contributed by atoms with E-state index in [0.717, 1.165) is 0 Å². The number of rotatable bonds is 4. The topological polar surface area (TPSA) is 107 Å². The van der Waals surface area contributed by atoms with Crippen molar-refractivity contribution in [3.05, 3.63) is 42.4 Å². The van der Waals surface area contributed by atoms with E-state index in [-0.39, 0.29) is 5.03 Å². The van der Waals surface area contributed by atoms with E-state index >= 15 is 0 Å². The predicted octanol–water partition coefficient (Wildman–Crippen LogP) is 1.41. The Hall–Kier alpha value is -2.35. The van der Waals surface area contributed by atoms with Gasteiger partial charge in [-0.2, -0.15) is 8.42 Å². The smallest absolute Gasteiger partial charge is 0.278 e. The van der Waals surface area contributed by atoms with Gasteiger partial charge in [0.2, 0.25) is 0 Å². The summed E-state index contributed by atoms with van der Waals surface area (Å²) in [4.78, 5) is 6.18. The average molecular weight is 280 g/mol. The van der Waals surface area contributed by atoms with Crippen LogP contribution in [0.3, 0.4) is 0 Å². The number of benzene rings is 1. The van der Waals surface area contributed by atoms with Crippen molar-refractivity contribution in [2.75, 3.05) is 4.72 Å². The molecule has 100 valence electrons. The fourth-order valence-electron chi connectivity index (χ4n) is 1.47. The fourth-order valence-corrected chi connectivity index (χ4v) is 2.42. The van der Waals surface area contributed by atoms with E-state index in [9.17, 15) is 8.42 Å². The second-order valence-electron chi connectivity index (χ2n) is 3.79. The fraction of sp³-hybridized carbons (Fsp3) is 0.0909. The van der Waals surface area contributed by atoms with Crippen molar-refractivity contribution < 1.29 is 13.6 Å². The van der Waals surface area contributed by atoms with E-state index in [2.05, 4.69) is 19.8 Å². The molecule has 0 saturated carbocycles. The van der Waals surface area contributed by atoms with Crippen LogP contribution in [0.25, 0.3) is 0 Å². The third-order valence-corrected chi connectivity index (χ3v) is 3.75. The Bertz CT molecular complexity index is 692. The molecule has 3 N–H and O–H groups in total. The summed E-state index contributed by atoms with van der Waals surface area (Å²) in [5, 5.41) is 11.7. The zero-order chi connectivity index (χ0) is 13.9. The lowest BCUT2D eigenvalue weighted by Gasteiger charge is -2.07. The molecule has 1 aromatic carbocycles. The van der Waals surface area contributed by atoms with Gasteiger partial charge in [0.1, 0.15) is 0 Å². The van der Waals surface area contributed by atoms with E-state index in [1.165, 1.54) is 12.5 Å². The highest BCUT2D eigenvalue weighted by Gasteiger charge is 2.15. The number of nitrogens with zero attached hydrogens (tertiary/aromatic N) is 2. The highest BCUT2D eigenvalue weighted by atomic mass is 32.2. The second kappa shape index (κ2) is 5.11. The monoisotopic (exact) mass is 280 g/mol. The van der Waals surface area contributed by atoms with Crippen LogP contribution in [0.15, 0.2) is 47.0 Å². The van der Waals surface area contributed by atoms with Gasteiger partial charge in [-0.1, -0.05) is 17.3 Å². The normalized spacial score (nSPS) is 12.4. The maximum absolute atomic E-state index is 12.0. The number of aromatic amines is 1. The highest BCUT2D eigenvalue weighted by Crippen LogP contribution is 2.16. The van der Waals surface area contributed by atoms with Crippen LogP contribution in [0.1, 0.15) is 12.5 Å². The highest BCUT2D eigenvalue weighted by molar-refractivity contribution is 7.92. The molecular weight excluding hydrogens is 268 g/mol. The summed E-state index contributed by atoms with van der Waals surface area (Å²) in [6.45, 7) is 1.61. The minimum absolute atomic E-state index is 0.0227. The number of hydrogen-bond donors (Lipinski definition) is 3. The Morgan fingerprint density at radius 1 is 1.47 bits per heavy atom. The molecule has 0 bridgehead atoms. The van der Waals surface area contributed by atoms with Crippen molar-refractivity contribution in [2.24, 2.45) is 5.16 Å². The maximum atomic E-state index is 12.0. The zero-order valence-electron chi connectivity index (χ0n) is 10.0. The molecular formula is C11H12N4O3S. The molecule has 0 amide bonds. The van der Waals surface area contributed by atoms with Gasteiger partial charge in [-0.15, -0.1) is 0 Å². The van der Waals surface area contributed by atoms with Gasteiger partial charge < -0.3 is 10.2 Å². The van der Waals surface area contributed by atoms with Crippen molar-refractivity contribution in [3.8, 4) is 0 Å². The van der Waals surface area contributed by atoms with Gasteiger partial charge in [0.15, 0.2) is 5.03 Å². The Morgan fingerprint density at radius 2 is 2.26 bits per heavy atom. The van der Waals surface area contributed by atoms with Gasteiger partial charge in [-0.05, 0) is 19.1 Å². The summed E-state index contributed by atoms with van der Waals surface area (Å²) in [6.07, 6.45) is 2.50. The molecule has 7 nitrogen and oxygen atoms in total. The molecule has 19 heavy (non-hydrogen) atoms. The van der Waals surface area contributed by atoms with E-state index in [1.807, 2.05) is 0 Å². The molecule has 0 aliphatic carbocycles. The Kier molecular flexibility index (Phi) is 3.52. The number of anilines is 1. The number of H-pyrrole nitrogens is 1. The molecule has 2 rings (SSSR count). The number of imidazole rings is 1. The lowest BCUT2D eigenvalue weighted by Crippen LogP contribution is -2.13. The van der Waals surface area contributed by atoms with Crippen LogP contribution in [-0.4, -0.2) is 29.3 Å². The van der Waals surface area contributed by atoms with Crippen LogP contribution in [0.4, 0.5) is 5.69 Å². The van der Waals surface area contributed by atoms with Gasteiger partial charge in [-0.25, -0.2) is 4.98 Å². The molecule has 0 fully saturated rings. The zero-order valence-corrected chi connectivity index (χ0v) is 10.8. The molecule has 0 aliphatic heterocycles. The standard InChI is InChI=1S/C11H12N4O3S/c1-8(14-16)9-3-2-4-10(5-9)15-19(17,18)11-6-12-7-13-11/h2-7,15-16H,1H3,(H,12,13). The maximum Gasteiger partial charge on any atom is 0.278 e. The second-order valence-corrected chi connectivity index (χ2v) is 5.44.